The summed E-state index contributed by atoms with van der Waals surface area (Å²) in [4.78, 5) is 13.1. The van der Waals surface area contributed by atoms with Gasteiger partial charge in [-0.05, 0) is 91.9 Å². The fourth-order valence-electron chi connectivity index (χ4n) is 2.98. The van der Waals surface area contributed by atoms with E-state index in [0.29, 0.717) is 11.3 Å². The van der Waals surface area contributed by atoms with Gasteiger partial charge in [-0.25, -0.2) is 8.78 Å². The Morgan fingerprint density at radius 3 is 2.20 bits per heavy atom. The van der Waals surface area contributed by atoms with E-state index >= 15 is 0 Å². The molecule has 0 aliphatic carbocycles. The first-order valence-electron chi connectivity index (χ1n) is 9.85. The fraction of sp³-hybridized carbons (Fsp3) is 0.435. The van der Waals surface area contributed by atoms with Crippen LogP contribution in [0.4, 0.5) is 8.78 Å². The quantitative estimate of drug-likeness (QED) is 0.484. The Kier molecular flexibility index (Phi) is 14.2. The summed E-state index contributed by atoms with van der Waals surface area (Å²) < 4.78 is 26.5. The van der Waals surface area contributed by atoms with E-state index in [4.69, 9.17) is 5.14 Å². The van der Waals surface area contributed by atoms with Crippen LogP contribution in [0, 0.1) is 11.6 Å². The molecule has 0 unspecified atom stereocenters. The molecule has 0 atom stereocenters. The van der Waals surface area contributed by atoms with Crippen LogP contribution in [0.25, 0.3) is 0 Å². The van der Waals surface area contributed by atoms with Gasteiger partial charge in [-0.2, -0.15) is 0 Å². The van der Waals surface area contributed by atoms with Crippen LogP contribution in [0.15, 0.2) is 35.2 Å². The van der Waals surface area contributed by atoms with E-state index in [9.17, 15) is 13.6 Å². The molecule has 0 spiro atoms. The Labute approximate surface area is 184 Å². The minimum absolute atomic E-state index is 0.204. The first-order chi connectivity index (χ1) is 14.2. The number of hydrogen-bond acceptors (Lipinski definition) is 5. The van der Waals surface area contributed by atoms with Crippen molar-refractivity contribution in [1.82, 2.24) is 4.90 Å². The third-order valence-corrected chi connectivity index (χ3v) is 4.84. The molecular weight excluding hydrogens is 404 g/mol. The van der Waals surface area contributed by atoms with Crippen molar-refractivity contribution in [1.29, 1.82) is 0 Å². The highest BCUT2D eigenvalue weighted by atomic mass is 32.2. The second kappa shape index (κ2) is 15.1. The average Bonchev–Trinajstić information content (AvgIpc) is 2.70. The summed E-state index contributed by atoms with van der Waals surface area (Å²) >= 11 is 0.934. The molecule has 4 nitrogen and oxygen atoms in total. The Balaban J connectivity index is 0.000000522. The topological polar surface area (TPSA) is 72.4 Å². The average molecular weight is 440 g/mol. The summed E-state index contributed by atoms with van der Waals surface area (Å²) in [5, 5.41) is 5.27. The predicted molar refractivity (Wildman–Crippen MR) is 124 cm³/mol. The number of benzene rings is 2. The zero-order valence-electron chi connectivity index (χ0n) is 18.8. The molecule has 0 aliphatic heterocycles. The lowest BCUT2D eigenvalue weighted by Gasteiger charge is -2.15. The van der Waals surface area contributed by atoms with Crippen molar-refractivity contribution in [3.05, 3.63) is 64.2 Å². The molecule has 2 aromatic rings. The van der Waals surface area contributed by atoms with Crippen molar-refractivity contribution in [2.75, 3.05) is 21.1 Å². The van der Waals surface area contributed by atoms with Crippen LogP contribution in [-0.4, -0.2) is 32.3 Å². The largest absolute Gasteiger partial charge is 0.333 e. The van der Waals surface area contributed by atoms with Crippen molar-refractivity contribution in [3.8, 4) is 0 Å². The minimum Gasteiger partial charge on any atom is -0.333 e. The number of carbonyl (C=O) groups excluding carboxylic acids is 1. The molecule has 0 saturated heterocycles. The van der Waals surface area contributed by atoms with Gasteiger partial charge in [0.1, 0.15) is 17.9 Å². The van der Waals surface area contributed by atoms with Gasteiger partial charge in [0.25, 0.3) is 0 Å². The van der Waals surface area contributed by atoms with Crippen molar-refractivity contribution in [3.63, 3.8) is 0 Å². The molecule has 0 aromatic heterocycles. The molecule has 0 fully saturated rings. The number of carbonyl (C=O) groups is 1. The van der Waals surface area contributed by atoms with Crippen LogP contribution >= 0.6 is 11.9 Å². The maximum atomic E-state index is 13.3. The zero-order valence-corrected chi connectivity index (χ0v) is 19.7. The monoisotopic (exact) mass is 439 g/mol. The Morgan fingerprint density at radius 1 is 1.13 bits per heavy atom. The van der Waals surface area contributed by atoms with E-state index in [1.165, 1.54) is 19.2 Å². The molecule has 2 rings (SSSR count). The van der Waals surface area contributed by atoms with Gasteiger partial charge in [-0.15, -0.1) is 0 Å². The molecule has 168 valence electrons. The number of aldehydes is 1. The van der Waals surface area contributed by atoms with Crippen LogP contribution in [-0.2, 0) is 24.2 Å². The molecule has 2 aromatic carbocycles. The zero-order chi connectivity index (χ0) is 23.3. The highest BCUT2D eigenvalue weighted by Crippen LogP contribution is 2.25. The Morgan fingerprint density at radius 2 is 1.77 bits per heavy atom. The van der Waals surface area contributed by atoms with Crippen molar-refractivity contribution in [2.45, 2.75) is 51.0 Å². The first-order valence-corrected chi connectivity index (χ1v) is 10.7. The van der Waals surface area contributed by atoms with Crippen LogP contribution in [0.2, 0.25) is 0 Å². The van der Waals surface area contributed by atoms with Crippen LogP contribution in [0.1, 0.15) is 48.9 Å². The number of aryl methyl sites for hydroxylation is 1. The number of nitrogens with zero attached hydrogens (tertiary/aromatic N) is 1. The van der Waals surface area contributed by atoms with Gasteiger partial charge in [0.2, 0.25) is 0 Å². The van der Waals surface area contributed by atoms with Crippen molar-refractivity contribution >= 4 is 18.2 Å². The van der Waals surface area contributed by atoms with E-state index in [0.717, 1.165) is 53.5 Å². The molecule has 4 N–H and O–H groups in total. The summed E-state index contributed by atoms with van der Waals surface area (Å²) in [5.41, 5.74) is 8.37. The second-order valence-electron chi connectivity index (χ2n) is 7.13. The highest BCUT2D eigenvalue weighted by molar-refractivity contribution is 7.97. The highest BCUT2D eigenvalue weighted by Gasteiger charge is 2.12. The van der Waals surface area contributed by atoms with Crippen LogP contribution in [0.3, 0.4) is 0 Å². The van der Waals surface area contributed by atoms with Gasteiger partial charge in [-0.1, -0.05) is 26.8 Å². The fourth-order valence-corrected chi connectivity index (χ4v) is 3.30. The van der Waals surface area contributed by atoms with Gasteiger partial charge in [0.05, 0.1) is 4.90 Å². The Bertz CT molecular complexity index is 783. The molecule has 0 aliphatic rings. The minimum atomic E-state index is -0.244. The number of rotatable bonds is 7. The summed E-state index contributed by atoms with van der Waals surface area (Å²) in [5.74, 6) is -0.196. The third kappa shape index (κ3) is 9.34. The lowest BCUT2D eigenvalue weighted by atomic mass is 9.90. The van der Waals surface area contributed by atoms with E-state index in [2.05, 4.69) is 5.73 Å². The number of nitrogens with two attached hydrogens (primary N) is 2. The van der Waals surface area contributed by atoms with Gasteiger partial charge in [0.15, 0.2) is 0 Å². The molecule has 0 saturated carbocycles. The molecule has 0 heterocycles. The van der Waals surface area contributed by atoms with E-state index in [1.807, 2.05) is 45.8 Å². The summed E-state index contributed by atoms with van der Waals surface area (Å²) in [6.07, 6.45) is 2.04. The van der Waals surface area contributed by atoms with E-state index in [-0.39, 0.29) is 17.6 Å². The summed E-state index contributed by atoms with van der Waals surface area (Å²) in [6.45, 7) is 6.75. The predicted octanol–water partition coefficient (Wildman–Crippen LogP) is 4.68. The molecule has 7 heteroatoms. The number of hydrogen-bond donors (Lipinski definition) is 2. The summed E-state index contributed by atoms with van der Waals surface area (Å²) in [6, 6.07) is 8.19. The molecule has 0 bridgehead atoms. The lowest BCUT2D eigenvalue weighted by molar-refractivity contribution is -0.107. The molecule has 30 heavy (non-hydrogen) atoms. The van der Waals surface area contributed by atoms with Crippen LogP contribution in [0.5, 0.6) is 0 Å². The van der Waals surface area contributed by atoms with Crippen LogP contribution < -0.4 is 10.9 Å². The molecule has 0 radical (unpaired) electrons. The standard InChI is InChI=1S/C13H17FO.C9H13FN2S.CH5N/c1-4-10-7-11(14)8-13(9(2)3)12(10)5-6-15;1-12(2)6-7-3-4-9(13-11)8(10)5-7;1-2/h6-9H,4-5H2,1-3H3;3-5H,6,11H2,1-2H3;2H2,1H3. The first kappa shape index (κ1) is 28.2. The molecular formula is C23H35F2N3OS. The SMILES string of the molecule is CCc1cc(F)cc(C(C)C)c1CC=O.CN.CN(C)Cc1ccc(SN)c(F)c1. The third-order valence-electron chi connectivity index (χ3n) is 4.25. The molecule has 0 amide bonds. The summed E-state index contributed by atoms with van der Waals surface area (Å²) in [7, 11) is 5.40. The van der Waals surface area contributed by atoms with E-state index in [1.54, 1.807) is 12.1 Å². The van der Waals surface area contributed by atoms with Gasteiger partial charge in [-0.3, -0.25) is 5.14 Å². The maximum absolute atomic E-state index is 13.3. The van der Waals surface area contributed by atoms with Gasteiger partial charge in [0, 0.05) is 13.0 Å². The van der Waals surface area contributed by atoms with Crippen molar-refractivity contribution < 1.29 is 13.6 Å². The lowest BCUT2D eigenvalue weighted by Crippen LogP contribution is -2.10. The Hall–Kier alpha value is -1.80. The normalized spacial score (nSPS) is 10.3. The van der Waals surface area contributed by atoms with Gasteiger partial charge >= 0.3 is 0 Å². The van der Waals surface area contributed by atoms with Gasteiger partial charge < -0.3 is 15.4 Å². The second-order valence-corrected chi connectivity index (χ2v) is 7.81. The van der Waals surface area contributed by atoms with Crippen molar-refractivity contribution in [2.24, 2.45) is 10.9 Å². The smallest absolute Gasteiger partial charge is 0.138 e. The van der Waals surface area contributed by atoms with E-state index < -0.39 is 0 Å². The maximum Gasteiger partial charge on any atom is 0.138 e. The number of halogens is 2.